The lowest BCUT2D eigenvalue weighted by atomic mass is 9.70. The predicted molar refractivity (Wildman–Crippen MR) is 233 cm³/mol. The van der Waals surface area contributed by atoms with E-state index < -0.39 is 0 Å². The minimum absolute atomic E-state index is 0.00493. The Balaban J connectivity index is 1.47. The molecule has 0 aliphatic heterocycles. The van der Waals surface area contributed by atoms with Crippen LogP contribution in [0.5, 0.6) is 0 Å². The third kappa shape index (κ3) is 19.7. The lowest BCUT2D eigenvalue weighted by molar-refractivity contribution is -0.697. The predicted octanol–water partition coefficient (Wildman–Crippen LogP) is 15.9. The molecule has 0 saturated carbocycles. The quantitative estimate of drug-likeness (QED) is 0.0422. The van der Waals surface area contributed by atoms with Gasteiger partial charge < -0.3 is 0 Å². The van der Waals surface area contributed by atoms with E-state index in [2.05, 4.69) is 109 Å². The van der Waals surface area contributed by atoms with Gasteiger partial charge >= 0.3 is 0 Å². The molecule has 0 bridgehead atoms. The van der Waals surface area contributed by atoms with E-state index in [-0.39, 0.29) is 5.41 Å². The Morgan fingerprint density at radius 2 is 0.887 bits per heavy atom. The highest BCUT2D eigenvalue weighted by Gasteiger charge is 2.40. The van der Waals surface area contributed by atoms with Crippen molar-refractivity contribution < 1.29 is 4.57 Å². The Kier molecular flexibility index (Phi) is 25.4. The number of aromatic nitrogens is 2. The van der Waals surface area contributed by atoms with Gasteiger partial charge in [-0.3, -0.25) is 0 Å². The van der Waals surface area contributed by atoms with Crippen LogP contribution in [0.3, 0.4) is 0 Å². The molecule has 2 heteroatoms. The molecule has 0 fully saturated rings. The van der Waals surface area contributed by atoms with E-state index in [1.165, 1.54) is 197 Å². The van der Waals surface area contributed by atoms with Crippen LogP contribution in [0.4, 0.5) is 0 Å². The Morgan fingerprint density at radius 1 is 0.491 bits per heavy atom. The van der Waals surface area contributed by atoms with E-state index >= 15 is 0 Å². The molecule has 2 atom stereocenters. The molecular formula is C51H85N2+. The number of benzene rings is 2. The van der Waals surface area contributed by atoms with Crippen LogP contribution < -0.4 is 4.57 Å². The molecule has 3 rings (SSSR count). The first-order valence-electron chi connectivity index (χ1n) is 23.3. The highest BCUT2D eigenvalue weighted by Crippen LogP contribution is 2.41. The maximum absolute atomic E-state index is 2.60. The van der Waals surface area contributed by atoms with Gasteiger partial charge in [0.25, 0.3) is 0 Å². The highest BCUT2D eigenvalue weighted by molar-refractivity contribution is 5.30. The van der Waals surface area contributed by atoms with E-state index in [0.29, 0.717) is 6.04 Å². The summed E-state index contributed by atoms with van der Waals surface area (Å²) < 4.78 is 5.08. The molecule has 0 aliphatic rings. The fourth-order valence-corrected chi connectivity index (χ4v) is 8.80. The first-order valence-corrected chi connectivity index (χ1v) is 23.3. The van der Waals surface area contributed by atoms with Crippen LogP contribution in [0, 0.1) is 0 Å². The number of rotatable bonds is 35. The molecular weight excluding hydrogens is 641 g/mol. The Morgan fingerprint density at radius 3 is 1.34 bits per heavy atom. The minimum atomic E-state index is 0.00493. The summed E-state index contributed by atoms with van der Waals surface area (Å²) in [5.74, 6) is 0. The standard InChI is InChI=1S/C51H85N2/c1-4-6-8-10-12-14-16-18-19-20-21-22-24-26-28-36-42-50(51(3,49-40-34-31-35-41-49)46-48-38-32-30-33-39-48)53-45-44-52(47-53)43-37-29-27-25-23-17-15-13-11-9-7-5-2/h30-35,38-41,44-45,47,50H,4-29,36-37,42-43,46H2,1-3H3/q+1. The van der Waals surface area contributed by atoms with Crippen molar-refractivity contribution in [2.45, 2.75) is 231 Å². The monoisotopic (exact) mass is 726 g/mol. The van der Waals surface area contributed by atoms with Crippen LogP contribution >= 0.6 is 0 Å². The van der Waals surface area contributed by atoms with Crippen molar-refractivity contribution in [3.8, 4) is 0 Å². The second-order valence-corrected chi connectivity index (χ2v) is 17.0. The van der Waals surface area contributed by atoms with Gasteiger partial charge in [0.1, 0.15) is 18.4 Å². The van der Waals surface area contributed by atoms with Crippen molar-refractivity contribution >= 4 is 0 Å². The van der Waals surface area contributed by atoms with Gasteiger partial charge in [-0.2, -0.15) is 0 Å². The molecule has 298 valence electrons. The van der Waals surface area contributed by atoms with E-state index in [9.17, 15) is 0 Å². The van der Waals surface area contributed by atoms with Crippen LogP contribution in [-0.2, 0) is 18.4 Å². The fraction of sp³-hybridized carbons (Fsp3) is 0.706. The summed E-state index contributed by atoms with van der Waals surface area (Å²) >= 11 is 0. The van der Waals surface area contributed by atoms with E-state index in [1.807, 2.05) is 0 Å². The van der Waals surface area contributed by atoms with Gasteiger partial charge in [0.2, 0.25) is 6.33 Å². The molecule has 3 aromatic rings. The summed E-state index contributed by atoms with van der Waals surface area (Å²) in [5, 5.41) is 0. The largest absolute Gasteiger partial charge is 0.244 e. The second-order valence-electron chi connectivity index (χ2n) is 17.0. The lowest BCUT2D eigenvalue weighted by Gasteiger charge is -2.37. The van der Waals surface area contributed by atoms with Gasteiger partial charge in [-0.15, -0.1) is 0 Å². The van der Waals surface area contributed by atoms with Gasteiger partial charge in [-0.05, 0) is 43.2 Å². The van der Waals surface area contributed by atoms with E-state index in [0.717, 1.165) is 13.0 Å². The van der Waals surface area contributed by atoms with E-state index in [1.54, 1.807) is 0 Å². The molecule has 2 aromatic carbocycles. The summed E-state index contributed by atoms with van der Waals surface area (Å²) in [5.41, 5.74) is 2.91. The number of imidazole rings is 1. The van der Waals surface area contributed by atoms with E-state index in [4.69, 9.17) is 0 Å². The van der Waals surface area contributed by atoms with Crippen molar-refractivity contribution in [1.29, 1.82) is 0 Å². The van der Waals surface area contributed by atoms with Crippen molar-refractivity contribution in [3.05, 3.63) is 90.5 Å². The second kappa shape index (κ2) is 29.9. The molecule has 1 aromatic heterocycles. The maximum atomic E-state index is 2.60. The molecule has 1 heterocycles. The summed E-state index contributed by atoms with van der Waals surface area (Å²) in [4.78, 5) is 0. The van der Waals surface area contributed by atoms with Crippen LogP contribution in [-0.4, -0.2) is 4.57 Å². The van der Waals surface area contributed by atoms with Crippen molar-refractivity contribution in [2.75, 3.05) is 0 Å². The fourth-order valence-electron chi connectivity index (χ4n) is 8.80. The normalized spacial score (nSPS) is 13.3. The molecule has 2 unspecified atom stereocenters. The molecule has 53 heavy (non-hydrogen) atoms. The molecule has 0 N–H and O–H groups in total. The van der Waals surface area contributed by atoms with Gasteiger partial charge in [0.05, 0.1) is 6.54 Å². The third-order valence-corrected chi connectivity index (χ3v) is 12.3. The Bertz CT molecular complexity index is 1220. The first-order chi connectivity index (χ1) is 26.2. The molecule has 0 amide bonds. The van der Waals surface area contributed by atoms with Crippen LogP contribution in [0.15, 0.2) is 79.4 Å². The average Bonchev–Trinajstić information content (AvgIpc) is 3.65. The number of aryl methyl sites for hydroxylation is 1. The van der Waals surface area contributed by atoms with Crippen LogP contribution in [0.25, 0.3) is 0 Å². The number of unbranched alkanes of at least 4 members (excludes halogenated alkanes) is 26. The van der Waals surface area contributed by atoms with Crippen molar-refractivity contribution in [1.82, 2.24) is 4.57 Å². The summed E-state index contributed by atoms with van der Waals surface area (Å²) in [6.07, 6.45) is 49.1. The molecule has 0 radical (unpaired) electrons. The number of nitrogens with zero attached hydrogens (tertiary/aromatic N) is 2. The van der Waals surface area contributed by atoms with Crippen molar-refractivity contribution in [2.24, 2.45) is 0 Å². The highest BCUT2D eigenvalue weighted by atomic mass is 15.1. The summed E-state index contributed by atoms with van der Waals surface area (Å²) in [6.45, 7) is 8.30. The lowest BCUT2D eigenvalue weighted by Crippen LogP contribution is -2.38. The number of hydrogen-bond acceptors (Lipinski definition) is 0. The summed E-state index contributed by atoms with van der Waals surface area (Å²) in [6, 6.07) is 23.1. The third-order valence-electron chi connectivity index (χ3n) is 12.3. The smallest absolute Gasteiger partial charge is 0.237 e. The SMILES string of the molecule is CCCCCCCCCCCCCCCCCCC(n1cc[n+](CCCCCCCCCCCCCC)c1)C(C)(Cc1ccccc1)c1ccccc1. The Hall–Kier alpha value is -2.35. The zero-order chi connectivity index (χ0) is 37.5. The molecule has 2 nitrogen and oxygen atoms in total. The average molecular weight is 726 g/mol. The zero-order valence-electron chi connectivity index (χ0n) is 35.4. The molecule has 0 spiro atoms. The molecule has 0 aliphatic carbocycles. The van der Waals surface area contributed by atoms with Gasteiger partial charge in [-0.25, -0.2) is 9.13 Å². The van der Waals surface area contributed by atoms with Crippen LogP contribution in [0.1, 0.15) is 224 Å². The topological polar surface area (TPSA) is 8.81 Å². The maximum Gasteiger partial charge on any atom is 0.244 e. The van der Waals surface area contributed by atoms with Gasteiger partial charge in [0.15, 0.2) is 0 Å². The zero-order valence-corrected chi connectivity index (χ0v) is 35.4. The van der Waals surface area contributed by atoms with Crippen LogP contribution in [0.2, 0.25) is 0 Å². The minimum Gasteiger partial charge on any atom is -0.237 e. The molecule has 0 saturated heterocycles. The van der Waals surface area contributed by atoms with Gasteiger partial charge in [-0.1, -0.05) is 242 Å². The number of hydrogen-bond donors (Lipinski definition) is 0. The van der Waals surface area contributed by atoms with Gasteiger partial charge in [0, 0.05) is 5.41 Å². The van der Waals surface area contributed by atoms with Crippen molar-refractivity contribution in [3.63, 3.8) is 0 Å². The first kappa shape index (κ1) is 45.0. The summed E-state index contributed by atoms with van der Waals surface area (Å²) in [7, 11) is 0. The Labute approximate surface area is 330 Å².